The Morgan fingerprint density at radius 2 is 2.15 bits per heavy atom. The molecule has 0 N–H and O–H groups in total. The van der Waals surface area contributed by atoms with Gasteiger partial charge in [-0.15, -0.1) is 0 Å². The van der Waals surface area contributed by atoms with Crippen molar-refractivity contribution in [3.8, 4) is 6.07 Å². The van der Waals surface area contributed by atoms with Crippen LogP contribution >= 0.6 is 0 Å². The van der Waals surface area contributed by atoms with Gasteiger partial charge in [-0.05, 0) is 44.4 Å². The molecule has 0 radical (unpaired) electrons. The van der Waals surface area contributed by atoms with Crippen molar-refractivity contribution in [1.82, 2.24) is 19.7 Å². The highest BCUT2D eigenvalue weighted by Crippen LogP contribution is 2.38. The molecule has 1 aromatic carbocycles. The van der Waals surface area contributed by atoms with Crippen molar-refractivity contribution in [1.29, 1.82) is 5.26 Å². The number of hydrogen-bond donors (Lipinski definition) is 0. The van der Waals surface area contributed by atoms with Gasteiger partial charge in [0, 0.05) is 17.5 Å². The van der Waals surface area contributed by atoms with E-state index in [-0.39, 0.29) is 0 Å². The Hall–Kier alpha value is -3.20. The number of nitriles is 1. The molecule has 6 heteroatoms. The Kier molecular flexibility index (Phi) is 3.29. The van der Waals surface area contributed by atoms with Crippen LogP contribution in [0.3, 0.4) is 0 Å². The zero-order valence-electron chi connectivity index (χ0n) is 14.4. The lowest BCUT2D eigenvalue weighted by molar-refractivity contribution is 0.314. The van der Waals surface area contributed by atoms with E-state index in [0.29, 0.717) is 18.0 Å². The van der Waals surface area contributed by atoms with Crippen LogP contribution in [0.4, 0.5) is 0 Å². The lowest BCUT2D eigenvalue weighted by atomic mass is 9.92. The fourth-order valence-corrected chi connectivity index (χ4v) is 3.72. The van der Waals surface area contributed by atoms with Crippen molar-refractivity contribution in [2.75, 3.05) is 0 Å². The minimum absolute atomic E-state index is 0.444. The normalized spacial score (nSPS) is 14.6. The average molecular weight is 343 g/mol. The van der Waals surface area contributed by atoms with Crippen molar-refractivity contribution >= 4 is 21.9 Å². The predicted octanol–water partition coefficient (Wildman–Crippen LogP) is 4.07. The molecule has 0 aliphatic heterocycles. The van der Waals surface area contributed by atoms with E-state index in [1.807, 2.05) is 37.4 Å². The van der Waals surface area contributed by atoms with Crippen LogP contribution in [0.1, 0.15) is 48.1 Å². The van der Waals surface area contributed by atoms with E-state index in [4.69, 9.17) is 9.51 Å². The third-order valence-electron chi connectivity index (χ3n) is 5.17. The van der Waals surface area contributed by atoms with Gasteiger partial charge in [-0.1, -0.05) is 5.16 Å². The van der Waals surface area contributed by atoms with E-state index in [1.54, 1.807) is 0 Å². The highest BCUT2D eigenvalue weighted by atomic mass is 16.5. The minimum atomic E-state index is 0.444. The first-order chi connectivity index (χ1) is 12.7. The van der Waals surface area contributed by atoms with Crippen molar-refractivity contribution in [3.05, 3.63) is 53.3 Å². The van der Waals surface area contributed by atoms with Crippen LogP contribution in [0.5, 0.6) is 0 Å². The van der Waals surface area contributed by atoms with Crippen LogP contribution in [0.25, 0.3) is 21.9 Å². The molecule has 0 unspecified atom stereocenters. The third-order valence-corrected chi connectivity index (χ3v) is 5.17. The molecule has 0 bridgehead atoms. The highest BCUT2D eigenvalue weighted by molar-refractivity contribution is 6.02. The summed E-state index contributed by atoms with van der Waals surface area (Å²) in [4.78, 5) is 9.40. The zero-order valence-corrected chi connectivity index (χ0v) is 14.4. The zero-order chi connectivity index (χ0) is 17.7. The Bertz CT molecular complexity index is 1180. The van der Waals surface area contributed by atoms with Crippen LogP contribution in [0.15, 0.2) is 35.0 Å². The Morgan fingerprint density at radius 1 is 1.27 bits per heavy atom. The first-order valence-electron chi connectivity index (χ1n) is 8.85. The van der Waals surface area contributed by atoms with Gasteiger partial charge in [0.1, 0.15) is 17.1 Å². The molecule has 4 aromatic rings. The number of aryl methyl sites for hydroxylation is 1. The van der Waals surface area contributed by atoms with Gasteiger partial charge in [0.25, 0.3) is 0 Å². The number of imidazole rings is 1. The summed E-state index contributed by atoms with van der Waals surface area (Å²) < 4.78 is 7.56. The van der Waals surface area contributed by atoms with Crippen molar-refractivity contribution in [2.24, 2.45) is 0 Å². The number of benzene rings is 1. The molecule has 0 atom stereocenters. The van der Waals surface area contributed by atoms with Crippen LogP contribution in [-0.4, -0.2) is 19.7 Å². The molecule has 0 saturated heterocycles. The van der Waals surface area contributed by atoms with E-state index >= 15 is 0 Å². The van der Waals surface area contributed by atoms with E-state index in [2.05, 4.69) is 20.8 Å². The Balaban J connectivity index is 1.77. The first-order valence-corrected chi connectivity index (χ1v) is 8.85. The van der Waals surface area contributed by atoms with Gasteiger partial charge in [0.05, 0.1) is 41.0 Å². The third kappa shape index (κ3) is 2.28. The second-order valence-corrected chi connectivity index (χ2v) is 6.92. The molecule has 128 valence electrons. The minimum Gasteiger partial charge on any atom is -0.361 e. The standard InChI is InChI=1S/C20H17N5O/c1-12-7-14(24-26-12)9-19-23-18-11-22-17-6-5-13(10-21)8-16(17)20(18)25(19)15-3-2-4-15/h5-8,11,15H,2-4,9H2,1H3. The maximum atomic E-state index is 9.30. The van der Waals surface area contributed by atoms with Gasteiger partial charge < -0.3 is 9.09 Å². The maximum absolute atomic E-state index is 9.30. The second-order valence-electron chi connectivity index (χ2n) is 6.92. The topological polar surface area (TPSA) is 80.5 Å². The van der Waals surface area contributed by atoms with E-state index < -0.39 is 0 Å². The fraction of sp³-hybridized carbons (Fsp3) is 0.300. The van der Waals surface area contributed by atoms with Gasteiger partial charge in [0.2, 0.25) is 0 Å². The molecule has 0 spiro atoms. The Morgan fingerprint density at radius 3 is 2.85 bits per heavy atom. The van der Waals surface area contributed by atoms with Crippen LogP contribution in [0.2, 0.25) is 0 Å². The summed E-state index contributed by atoms with van der Waals surface area (Å²) in [6.45, 7) is 1.90. The summed E-state index contributed by atoms with van der Waals surface area (Å²) in [7, 11) is 0. The van der Waals surface area contributed by atoms with E-state index in [1.165, 1.54) is 6.42 Å². The molecular weight excluding hydrogens is 326 g/mol. The van der Waals surface area contributed by atoms with Crippen molar-refractivity contribution in [2.45, 2.75) is 38.6 Å². The summed E-state index contributed by atoms with van der Waals surface area (Å²) in [6.07, 6.45) is 5.99. The second kappa shape index (κ2) is 5.67. The van der Waals surface area contributed by atoms with Crippen LogP contribution < -0.4 is 0 Å². The molecule has 5 rings (SSSR count). The molecular formula is C20H17N5O. The molecule has 1 aliphatic rings. The number of hydrogen-bond acceptors (Lipinski definition) is 5. The summed E-state index contributed by atoms with van der Waals surface area (Å²) in [5.74, 6) is 1.78. The number of aromatic nitrogens is 4. The molecule has 26 heavy (non-hydrogen) atoms. The molecule has 0 amide bonds. The van der Waals surface area contributed by atoms with E-state index in [9.17, 15) is 5.26 Å². The first kappa shape index (κ1) is 15.1. The Labute approximate surface area is 150 Å². The molecule has 1 aliphatic carbocycles. The van der Waals surface area contributed by atoms with E-state index in [0.717, 1.165) is 52.1 Å². The molecule has 6 nitrogen and oxygen atoms in total. The number of rotatable bonds is 3. The molecule has 1 fully saturated rings. The van der Waals surface area contributed by atoms with Crippen LogP contribution in [-0.2, 0) is 6.42 Å². The number of nitrogens with zero attached hydrogens (tertiary/aromatic N) is 5. The smallest absolute Gasteiger partial charge is 0.133 e. The summed E-state index contributed by atoms with van der Waals surface area (Å²) >= 11 is 0. The summed E-state index contributed by atoms with van der Waals surface area (Å²) in [5, 5.41) is 14.4. The van der Waals surface area contributed by atoms with Crippen molar-refractivity contribution < 1.29 is 4.52 Å². The van der Waals surface area contributed by atoms with Crippen LogP contribution in [0, 0.1) is 18.3 Å². The molecule has 1 saturated carbocycles. The summed E-state index contributed by atoms with van der Waals surface area (Å²) in [5.41, 5.74) is 4.36. The van der Waals surface area contributed by atoms with Crippen molar-refractivity contribution in [3.63, 3.8) is 0 Å². The fourth-order valence-electron chi connectivity index (χ4n) is 3.72. The quantitative estimate of drug-likeness (QED) is 0.560. The van der Waals surface area contributed by atoms with Gasteiger partial charge in [0.15, 0.2) is 0 Å². The van der Waals surface area contributed by atoms with Gasteiger partial charge in [-0.3, -0.25) is 4.98 Å². The maximum Gasteiger partial charge on any atom is 0.133 e. The van der Waals surface area contributed by atoms with Gasteiger partial charge in [-0.25, -0.2) is 4.98 Å². The van der Waals surface area contributed by atoms with Gasteiger partial charge >= 0.3 is 0 Å². The summed E-state index contributed by atoms with van der Waals surface area (Å²) in [6, 6.07) is 10.3. The largest absolute Gasteiger partial charge is 0.361 e. The predicted molar refractivity (Wildman–Crippen MR) is 96.7 cm³/mol. The SMILES string of the molecule is Cc1cc(Cc2nc3cnc4ccc(C#N)cc4c3n2C2CCC2)no1. The molecule has 3 aromatic heterocycles. The number of pyridine rings is 1. The highest BCUT2D eigenvalue weighted by Gasteiger charge is 2.26. The lowest BCUT2D eigenvalue weighted by Crippen LogP contribution is -2.19. The van der Waals surface area contributed by atoms with Gasteiger partial charge in [-0.2, -0.15) is 5.26 Å². The average Bonchev–Trinajstić information content (AvgIpc) is 3.17. The number of fused-ring (bicyclic) bond motifs is 3. The molecule has 3 heterocycles. The lowest BCUT2D eigenvalue weighted by Gasteiger charge is -2.29. The monoisotopic (exact) mass is 343 g/mol.